The minimum atomic E-state index is -0.885. The number of carbonyl (C=O) groups is 1. The summed E-state index contributed by atoms with van der Waals surface area (Å²) < 4.78 is 32.3. The molecule has 11 heteroatoms. The summed E-state index contributed by atoms with van der Waals surface area (Å²) in [6.07, 6.45) is 5.37. The van der Waals surface area contributed by atoms with Gasteiger partial charge in [-0.3, -0.25) is 14.8 Å². The molecular weight excluding hydrogens is 444 g/mol. The highest BCUT2D eigenvalue weighted by Gasteiger charge is 2.22. The van der Waals surface area contributed by atoms with Gasteiger partial charge in [0.05, 0.1) is 30.1 Å². The van der Waals surface area contributed by atoms with E-state index in [1.807, 2.05) is 18.2 Å². The van der Waals surface area contributed by atoms with Crippen molar-refractivity contribution in [2.24, 2.45) is 0 Å². The molecule has 0 aliphatic heterocycles. The second-order valence-electron chi connectivity index (χ2n) is 7.17. The number of oxazole rings is 1. The van der Waals surface area contributed by atoms with E-state index in [-0.39, 0.29) is 35.3 Å². The number of halogens is 2. The number of nitrogens with two attached hydrogens (primary N) is 1. The van der Waals surface area contributed by atoms with Crippen molar-refractivity contribution in [3.63, 3.8) is 0 Å². The predicted octanol–water partition coefficient (Wildman–Crippen LogP) is 3.53. The number of nitrogen functional groups attached to an aromatic ring is 1. The number of nitrogens with one attached hydrogen (secondary N) is 1. The van der Waals surface area contributed by atoms with Crippen LogP contribution in [0.5, 0.6) is 0 Å². The third kappa shape index (κ3) is 4.01. The highest BCUT2D eigenvalue weighted by molar-refractivity contribution is 5.98. The first-order chi connectivity index (χ1) is 16.5. The van der Waals surface area contributed by atoms with Crippen LogP contribution in [0.4, 0.5) is 14.6 Å². The minimum Gasteiger partial charge on any atom is -0.443 e. The van der Waals surface area contributed by atoms with Gasteiger partial charge in [-0.25, -0.2) is 23.7 Å². The number of nitrogens with zero attached hydrogens (tertiary/aromatic N) is 5. The molecule has 1 aromatic carbocycles. The Morgan fingerprint density at radius 3 is 2.71 bits per heavy atom. The van der Waals surface area contributed by atoms with Gasteiger partial charge in [-0.1, -0.05) is 12.1 Å². The Hall–Kier alpha value is -4.80. The van der Waals surface area contributed by atoms with Gasteiger partial charge >= 0.3 is 0 Å². The minimum absolute atomic E-state index is 0.139. The van der Waals surface area contributed by atoms with Gasteiger partial charge in [0, 0.05) is 23.2 Å². The maximum absolute atomic E-state index is 13.9. The summed E-state index contributed by atoms with van der Waals surface area (Å²) in [5, 5.41) is 3.33. The SMILES string of the molecule is Nc1nc(-c2ncco2)c(-c2ccc3ncccc3c2)nc1C(=O)NCc1ncc(F)cc1F. The zero-order valence-corrected chi connectivity index (χ0v) is 17.4. The molecular formula is C23H15F2N7O2. The summed E-state index contributed by atoms with van der Waals surface area (Å²) in [5.74, 6) is -2.42. The maximum atomic E-state index is 13.9. The van der Waals surface area contributed by atoms with Gasteiger partial charge in [-0.2, -0.15) is 0 Å². The zero-order chi connectivity index (χ0) is 23.7. The van der Waals surface area contributed by atoms with Gasteiger partial charge in [0.15, 0.2) is 17.2 Å². The first-order valence-corrected chi connectivity index (χ1v) is 10.0. The predicted molar refractivity (Wildman–Crippen MR) is 118 cm³/mol. The average Bonchev–Trinajstić information content (AvgIpc) is 3.38. The lowest BCUT2D eigenvalue weighted by Crippen LogP contribution is -2.26. The van der Waals surface area contributed by atoms with Gasteiger partial charge in [0.2, 0.25) is 5.89 Å². The molecule has 0 bridgehead atoms. The lowest BCUT2D eigenvalue weighted by Gasteiger charge is -2.12. The van der Waals surface area contributed by atoms with Gasteiger partial charge < -0.3 is 15.5 Å². The van der Waals surface area contributed by atoms with Gasteiger partial charge in [-0.05, 0) is 18.2 Å². The average molecular weight is 459 g/mol. The summed E-state index contributed by atoms with van der Waals surface area (Å²) in [5.41, 5.74) is 7.66. The van der Waals surface area contributed by atoms with Crippen LogP contribution in [0.2, 0.25) is 0 Å². The van der Waals surface area contributed by atoms with Gasteiger partial charge in [-0.15, -0.1) is 0 Å². The van der Waals surface area contributed by atoms with Crippen molar-refractivity contribution in [3.05, 3.63) is 84.3 Å². The number of pyridine rings is 2. The van der Waals surface area contributed by atoms with Crippen molar-refractivity contribution in [3.8, 4) is 22.8 Å². The number of fused-ring (bicyclic) bond motifs is 1. The van der Waals surface area contributed by atoms with E-state index in [1.165, 1.54) is 12.5 Å². The number of anilines is 1. The molecule has 0 aliphatic carbocycles. The van der Waals surface area contributed by atoms with E-state index in [2.05, 4.69) is 30.2 Å². The topological polar surface area (TPSA) is 133 Å². The lowest BCUT2D eigenvalue weighted by molar-refractivity contribution is 0.0946. The lowest BCUT2D eigenvalue weighted by atomic mass is 10.1. The fourth-order valence-corrected chi connectivity index (χ4v) is 3.35. The fourth-order valence-electron chi connectivity index (χ4n) is 3.35. The highest BCUT2D eigenvalue weighted by Crippen LogP contribution is 2.31. The number of rotatable bonds is 5. The normalized spacial score (nSPS) is 11.0. The van der Waals surface area contributed by atoms with Crippen molar-refractivity contribution < 1.29 is 18.0 Å². The molecule has 9 nitrogen and oxygen atoms in total. The van der Waals surface area contributed by atoms with Crippen molar-refractivity contribution in [1.29, 1.82) is 0 Å². The number of aromatic nitrogens is 5. The summed E-state index contributed by atoms with van der Waals surface area (Å²) in [6, 6.07) is 9.80. The molecule has 0 atom stereocenters. The Bertz CT molecular complexity index is 1520. The highest BCUT2D eigenvalue weighted by atomic mass is 19.1. The van der Waals surface area contributed by atoms with Gasteiger partial charge in [0.1, 0.15) is 23.6 Å². The third-order valence-electron chi connectivity index (χ3n) is 4.95. The van der Waals surface area contributed by atoms with E-state index in [1.54, 1.807) is 18.3 Å². The van der Waals surface area contributed by atoms with Crippen molar-refractivity contribution in [1.82, 2.24) is 30.2 Å². The molecule has 0 radical (unpaired) electrons. The molecule has 4 heterocycles. The third-order valence-corrected chi connectivity index (χ3v) is 4.95. The van der Waals surface area contributed by atoms with Crippen molar-refractivity contribution in [2.75, 3.05) is 5.73 Å². The standard InChI is InChI=1S/C23H15F2N7O2/c24-14-9-15(25)17(29-10-14)11-30-22(33)20-21(26)32-19(23-28-6-7-34-23)18(31-20)13-3-4-16-12(8-13)2-1-5-27-16/h1-10H,11H2,(H2,26,32)(H,30,33). The Labute approximate surface area is 190 Å². The maximum Gasteiger partial charge on any atom is 0.274 e. The molecule has 34 heavy (non-hydrogen) atoms. The molecule has 168 valence electrons. The summed E-state index contributed by atoms with van der Waals surface area (Å²) >= 11 is 0. The van der Waals surface area contributed by atoms with Crippen LogP contribution in [0.25, 0.3) is 33.7 Å². The van der Waals surface area contributed by atoms with Gasteiger partial charge in [0.25, 0.3) is 5.91 Å². The Balaban J connectivity index is 1.55. The Morgan fingerprint density at radius 2 is 1.91 bits per heavy atom. The molecule has 0 fully saturated rings. The first-order valence-electron chi connectivity index (χ1n) is 10.0. The van der Waals surface area contributed by atoms with Crippen LogP contribution in [-0.2, 0) is 6.54 Å². The number of amides is 1. The first kappa shape index (κ1) is 21.1. The summed E-state index contributed by atoms with van der Waals surface area (Å²) in [7, 11) is 0. The molecule has 0 aliphatic rings. The number of carbonyl (C=O) groups excluding carboxylic acids is 1. The molecule has 0 saturated carbocycles. The summed E-state index contributed by atoms with van der Waals surface area (Å²) in [6.45, 7) is -0.301. The van der Waals surface area contributed by atoms with Crippen LogP contribution in [0.15, 0.2) is 65.7 Å². The fraction of sp³-hybridized carbons (Fsp3) is 0.0435. The summed E-state index contributed by atoms with van der Waals surface area (Å²) in [4.78, 5) is 33.7. The van der Waals surface area contributed by atoms with E-state index in [9.17, 15) is 13.6 Å². The van der Waals surface area contributed by atoms with Crippen molar-refractivity contribution in [2.45, 2.75) is 6.54 Å². The number of hydrogen-bond donors (Lipinski definition) is 2. The van der Waals surface area contributed by atoms with Crippen LogP contribution in [0.3, 0.4) is 0 Å². The molecule has 0 unspecified atom stereocenters. The Kier molecular flexibility index (Phi) is 5.34. The smallest absolute Gasteiger partial charge is 0.274 e. The molecule has 0 saturated heterocycles. The molecule has 5 rings (SSSR count). The zero-order valence-electron chi connectivity index (χ0n) is 17.4. The second-order valence-corrected chi connectivity index (χ2v) is 7.17. The van der Waals surface area contributed by atoms with Crippen LogP contribution in [0, 0.1) is 11.6 Å². The van der Waals surface area contributed by atoms with E-state index < -0.39 is 17.5 Å². The Morgan fingerprint density at radius 1 is 1.03 bits per heavy atom. The van der Waals surface area contributed by atoms with E-state index in [4.69, 9.17) is 10.2 Å². The number of benzene rings is 1. The molecule has 3 N–H and O–H groups in total. The monoisotopic (exact) mass is 459 g/mol. The van der Waals surface area contributed by atoms with Crippen LogP contribution in [0.1, 0.15) is 16.2 Å². The van der Waals surface area contributed by atoms with E-state index in [0.717, 1.165) is 17.1 Å². The van der Waals surface area contributed by atoms with Crippen LogP contribution in [-0.4, -0.2) is 30.8 Å². The van der Waals surface area contributed by atoms with Crippen molar-refractivity contribution >= 4 is 22.6 Å². The molecule has 0 spiro atoms. The van der Waals surface area contributed by atoms with Crippen LogP contribution < -0.4 is 11.1 Å². The van der Waals surface area contributed by atoms with E-state index >= 15 is 0 Å². The quantitative estimate of drug-likeness (QED) is 0.408. The molecule has 4 aromatic heterocycles. The van der Waals surface area contributed by atoms with Crippen LogP contribution >= 0.6 is 0 Å². The van der Waals surface area contributed by atoms with E-state index in [0.29, 0.717) is 17.3 Å². The largest absolute Gasteiger partial charge is 0.443 e. The molecule has 5 aromatic rings. The second kappa shape index (κ2) is 8.62. The molecule has 1 amide bonds. The number of hydrogen-bond acceptors (Lipinski definition) is 8.